The average Bonchev–Trinajstić information content (AvgIpc) is 3.26. The summed E-state index contributed by atoms with van der Waals surface area (Å²) in [6, 6.07) is 17.3. The van der Waals surface area contributed by atoms with Crippen LogP contribution >= 0.6 is 0 Å². The second-order valence-corrected chi connectivity index (χ2v) is 11.0. The quantitative estimate of drug-likeness (QED) is 0.310. The van der Waals surface area contributed by atoms with Crippen LogP contribution in [-0.2, 0) is 17.1 Å². The molecule has 5 rings (SSSR count). The number of aromatic nitrogens is 3. The van der Waals surface area contributed by atoms with Crippen LogP contribution in [0.3, 0.4) is 0 Å². The highest BCUT2D eigenvalue weighted by molar-refractivity contribution is 7.90. The third-order valence-corrected chi connectivity index (χ3v) is 7.75. The van der Waals surface area contributed by atoms with Crippen molar-refractivity contribution >= 4 is 26.8 Å². The summed E-state index contributed by atoms with van der Waals surface area (Å²) in [4.78, 5) is 31.7. The van der Waals surface area contributed by atoms with Gasteiger partial charge in [0.15, 0.2) is 4.90 Å². The molecule has 0 spiro atoms. The summed E-state index contributed by atoms with van der Waals surface area (Å²) >= 11 is 0. The van der Waals surface area contributed by atoms with E-state index in [0.29, 0.717) is 11.4 Å². The van der Waals surface area contributed by atoms with E-state index >= 15 is 0 Å². The second kappa shape index (κ2) is 9.88. The summed E-state index contributed by atoms with van der Waals surface area (Å²) in [5.41, 5.74) is 4.10. The van der Waals surface area contributed by atoms with Crippen LogP contribution in [0.5, 0.6) is 11.6 Å². The summed E-state index contributed by atoms with van der Waals surface area (Å²) in [6.45, 7) is 5.74. The number of sulfonamides is 1. The van der Waals surface area contributed by atoms with Crippen molar-refractivity contribution in [1.82, 2.24) is 19.3 Å². The Labute approximate surface area is 226 Å². The van der Waals surface area contributed by atoms with E-state index in [1.807, 2.05) is 79.7 Å². The fourth-order valence-electron chi connectivity index (χ4n) is 4.55. The van der Waals surface area contributed by atoms with Gasteiger partial charge in [0.05, 0.1) is 5.69 Å². The van der Waals surface area contributed by atoms with Gasteiger partial charge in [-0.15, -0.1) is 0 Å². The number of rotatable bonds is 6. The van der Waals surface area contributed by atoms with Crippen molar-refractivity contribution in [3.05, 3.63) is 106 Å². The highest BCUT2D eigenvalue weighted by atomic mass is 32.2. The maximum atomic E-state index is 13.3. The molecule has 0 atom stereocenters. The summed E-state index contributed by atoms with van der Waals surface area (Å²) in [5.74, 6) is -0.531. The summed E-state index contributed by atoms with van der Waals surface area (Å²) in [5, 5.41) is 1.07. The van der Waals surface area contributed by atoms with Crippen molar-refractivity contribution in [1.29, 1.82) is 0 Å². The zero-order valence-corrected chi connectivity index (χ0v) is 22.6. The van der Waals surface area contributed by atoms with E-state index in [-0.39, 0.29) is 12.9 Å². The molecule has 10 heteroatoms. The van der Waals surface area contributed by atoms with Crippen LogP contribution in [0.15, 0.2) is 82.7 Å². The van der Waals surface area contributed by atoms with Crippen LogP contribution in [-0.4, -0.2) is 28.9 Å². The van der Waals surface area contributed by atoms with E-state index in [2.05, 4.69) is 9.97 Å². The maximum Gasteiger partial charge on any atom is 0.270 e. The molecule has 0 fully saturated rings. The van der Waals surface area contributed by atoms with Gasteiger partial charge in [-0.05, 0) is 73.7 Å². The number of nitrogens with zero attached hydrogens (tertiary/aromatic N) is 2. The van der Waals surface area contributed by atoms with Crippen LogP contribution in [0.4, 0.5) is 0 Å². The van der Waals surface area contributed by atoms with Crippen LogP contribution in [0.2, 0.25) is 0 Å². The lowest BCUT2D eigenvalue weighted by Crippen LogP contribution is -2.34. The summed E-state index contributed by atoms with van der Waals surface area (Å²) in [6.07, 6.45) is 3.27. The third-order valence-electron chi connectivity index (χ3n) is 6.39. The van der Waals surface area contributed by atoms with Gasteiger partial charge in [0.2, 0.25) is 5.88 Å². The van der Waals surface area contributed by atoms with Gasteiger partial charge in [0.25, 0.3) is 21.5 Å². The number of aryl methyl sites for hydroxylation is 4. The Balaban J connectivity index is 0.00000370. The molecule has 3 heterocycles. The van der Waals surface area contributed by atoms with Crippen molar-refractivity contribution in [3.63, 3.8) is 0 Å². The molecule has 200 valence electrons. The van der Waals surface area contributed by atoms with Gasteiger partial charge in [-0.3, -0.25) is 9.59 Å². The number of hydrogen-bond acceptors (Lipinski definition) is 6. The minimum Gasteiger partial charge on any atom is -0.438 e. The molecule has 0 bridgehead atoms. The summed E-state index contributed by atoms with van der Waals surface area (Å²) < 4.78 is 35.9. The Hall–Kier alpha value is -4.70. The molecule has 0 aliphatic carbocycles. The molecule has 0 radical (unpaired) electrons. The van der Waals surface area contributed by atoms with Gasteiger partial charge < -0.3 is 14.3 Å². The first-order valence-electron chi connectivity index (χ1n) is 12.1. The van der Waals surface area contributed by atoms with Gasteiger partial charge in [-0.1, -0.05) is 29.8 Å². The molecule has 3 aromatic heterocycles. The fourth-order valence-corrected chi connectivity index (χ4v) is 5.57. The number of H-pyrrole nitrogens is 1. The fraction of sp³-hybridized carbons (Fsp3) is 0.138. The molecular weight excluding hydrogens is 516 g/mol. The van der Waals surface area contributed by atoms with Gasteiger partial charge >= 0.3 is 0 Å². The second-order valence-electron chi connectivity index (χ2n) is 9.38. The maximum absolute atomic E-state index is 13.3. The minimum atomic E-state index is -4.46. The van der Waals surface area contributed by atoms with Gasteiger partial charge in [-0.2, -0.15) is 0 Å². The molecule has 5 aromatic rings. The van der Waals surface area contributed by atoms with E-state index in [9.17, 15) is 18.0 Å². The average molecular weight is 545 g/mol. The van der Waals surface area contributed by atoms with E-state index in [1.165, 1.54) is 18.3 Å². The molecule has 0 saturated carbocycles. The smallest absolute Gasteiger partial charge is 0.270 e. The number of carbonyl (C=O) groups excluding carboxylic acids is 1. The van der Waals surface area contributed by atoms with Crippen molar-refractivity contribution in [2.75, 3.05) is 0 Å². The molecule has 2 N–H and O–H groups in total. The lowest BCUT2D eigenvalue weighted by molar-refractivity contribution is 0.0978. The largest absolute Gasteiger partial charge is 0.438 e. The van der Waals surface area contributed by atoms with E-state index in [0.717, 1.165) is 39.2 Å². The zero-order valence-electron chi connectivity index (χ0n) is 21.8. The Morgan fingerprint density at radius 2 is 1.77 bits per heavy atom. The van der Waals surface area contributed by atoms with Gasteiger partial charge in [-0.25, -0.2) is 18.1 Å². The van der Waals surface area contributed by atoms with Gasteiger partial charge in [0, 0.05) is 31.9 Å². The molecule has 0 aliphatic heterocycles. The molecule has 9 nitrogen and oxygen atoms in total. The molecule has 0 saturated heterocycles. The number of hydrogen-bond donors (Lipinski definition) is 2. The molecule has 0 aliphatic rings. The highest BCUT2D eigenvalue weighted by Crippen LogP contribution is 2.33. The molecule has 0 unspecified atom stereocenters. The first kappa shape index (κ1) is 25.9. The summed E-state index contributed by atoms with van der Waals surface area (Å²) in [7, 11) is -2.52. The number of benzene rings is 2. The van der Waals surface area contributed by atoms with E-state index in [1.54, 1.807) is 6.07 Å². The van der Waals surface area contributed by atoms with Crippen LogP contribution in [0.25, 0.3) is 22.2 Å². The van der Waals surface area contributed by atoms with E-state index in [4.69, 9.17) is 4.74 Å². The monoisotopic (exact) mass is 544 g/mol. The number of pyridine rings is 2. The SMILES string of the molecule is Cc1cc(C)c(Oc2nc(-c3ccc4ccn(C)c4c3)ccc2C(=O)NS(=O)(=O)c2ccc[nH]c2=O)c(C)c1.[HH]. The number of carbonyl (C=O) groups is 1. The molecular formula is C29H28N4O5S. The minimum absolute atomic E-state index is 0. The van der Waals surface area contributed by atoms with Crippen LogP contribution in [0, 0.1) is 20.8 Å². The standard InChI is InChI=1S/C29H26N4O5S.H2/c1-17-14-18(2)26(19(3)15-17)38-29-22(27(34)32-39(36,37)25-6-5-12-30-28(25)35)9-10-23(31-29)21-8-7-20-11-13-33(4)24(20)16-21;/h5-16H,1-4H3,(H,30,35)(H,32,34);1H. The predicted octanol–water partition coefficient (Wildman–Crippen LogP) is 5.01. The highest BCUT2D eigenvalue weighted by Gasteiger charge is 2.25. The number of aromatic amines is 1. The van der Waals surface area contributed by atoms with Crippen LogP contribution in [0.1, 0.15) is 28.5 Å². The lowest BCUT2D eigenvalue weighted by atomic mass is 10.1. The Bertz CT molecular complexity index is 1910. The molecule has 1 amide bonds. The Morgan fingerprint density at radius 1 is 1.03 bits per heavy atom. The number of amides is 1. The predicted molar refractivity (Wildman–Crippen MR) is 151 cm³/mol. The van der Waals surface area contributed by atoms with Crippen molar-refractivity contribution in [2.45, 2.75) is 25.7 Å². The van der Waals surface area contributed by atoms with Crippen molar-refractivity contribution < 1.29 is 19.4 Å². The Morgan fingerprint density at radius 3 is 2.49 bits per heavy atom. The topological polar surface area (TPSA) is 123 Å². The third kappa shape index (κ3) is 5.06. The molecule has 39 heavy (non-hydrogen) atoms. The Kier molecular flexibility index (Phi) is 6.57. The number of ether oxygens (including phenoxy) is 1. The normalized spacial score (nSPS) is 11.5. The number of fused-ring (bicyclic) bond motifs is 1. The molecule has 2 aromatic carbocycles. The lowest BCUT2D eigenvalue weighted by Gasteiger charge is -2.16. The van der Waals surface area contributed by atoms with Gasteiger partial charge in [0.1, 0.15) is 11.3 Å². The zero-order chi connectivity index (χ0) is 27.9. The van der Waals surface area contributed by atoms with Crippen molar-refractivity contribution in [2.24, 2.45) is 7.05 Å². The van der Waals surface area contributed by atoms with Crippen molar-refractivity contribution in [3.8, 4) is 22.9 Å². The first-order chi connectivity index (χ1) is 18.5. The van der Waals surface area contributed by atoms with Crippen LogP contribution < -0.4 is 15.0 Å². The number of nitrogens with one attached hydrogen (secondary N) is 2. The van der Waals surface area contributed by atoms with E-state index < -0.39 is 26.4 Å². The first-order valence-corrected chi connectivity index (χ1v) is 13.6.